The maximum Gasteiger partial charge on any atom is 0.247 e. The Bertz CT molecular complexity index is 1190. The van der Waals surface area contributed by atoms with Gasteiger partial charge in [0.1, 0.15) is 11.6 Å². The molecule has 0 spiro atoms. The predicted molar refractivity (Wildman–Crippen MR) is 132 cm³/mol. The second-order valence-electron chi connectivity index (χ2n) is 7.89. The van der Waals surface area contributed by atoms with Crippen molar-refractivity contribution in [3.05, 3.63) is 77.1 Å². The molecule has 34 heavy (non-hydrogen) atoms. The van der Waals surface area contributed by atoms with Gasteiger partial charge in [0, 0.05) is 24.9 Å². The number of nitrogens with zero attached hydrogens (tertiary/aromatic N) is 3. The summed E-state index contributed by atoms with van der Waals surface area (Å²) in [7, 11) is 0. The molecule has 0 bridgehead atoms. The number of thiazole rings is 1. The van der Waals surface area contributed by atoms with Crippen molar-refractivity contribution < 1.29 is 18.7 Å². The SMILES string of the molecule is CCOc1ccc(C2CCCN2C(=O)/C=C/c2csc(N(C(C)=O)c3ccccc3F)n2)cc1. The monoisotopic (exact) mass is 479 g/mol. The van der Waals surface area contributed by atoms with Crippen LogP contribution in [0.5, 0.6) is 5.75 Å². The van der Waals surface area contributed by atoms with Crippen LogP contribution >= 0.6 is 11.3 Å². The molecule has 2 amide bonds. The number of rotatable bonds is 7. The molecule has 1 fully saturated rings. The van der Waals surface area contributed by atoms with Gasteiger partial charge < -0.3 is 9.64 Å². The minimum atomic E-state index is -0.505. The van der Waals surface area contributed by atoms with E-state index in [-0.39, 0.29) is 23.5 Å². The van der Waals surface area contributed by atoms with E-state index >= 15 is 0 Å². The summed E-state index contributed by atoms with van der Waals surface area (Å²) in [6, 6.07) is 14.0. The fourth-order valence-corrected chi connectivity index (χ4v) is 4.93. The summed E-state index contributed by atoms with van der Waals surface area (Å²) in [5.74, 6) is -0.129. The lowest BCUT2D eigenvalue weighted by atomic mass is 10.0. The third kappa shape index (κ3) is 5.17. The quantitative estimate of drug-likeness (QED) is 0.405. The maximum atomic E-state index is 14.3. The summed E-state index contributed by atoms with van der Waals surface area (Å²) >= 11 is 1.22. The van der Waals surface area contributed by atoms with Gasteiger partial charge in [-0.1, -0.05) is 24.3 Å². The van der Waals surface area contributed by atoms with E-state index in [4.69, 9.17) is 4.74 Å². The highest BCUT2D eigenvalue weighted by Gasteiger charge is 2.29. The van der Waals surface area contributed by atoms with Crippen LogP contribution in [0.2, 0.25) is 0 Å². The summed E-state index contributed by atoms with van der Waals surface area (Å²) in [5.41, 5.74) is 1.76. The van der Waals surface area contributed by atoms with E-state index in [1.807, 2.05) is 36.1 Å². The van der Waals surface area contributed by atoms with Gasteiger partial charge >= 0.3 is 0 Å². The van der Waals surface area contributed by atoms with Crippen LogP contribution in [0.4, 0.5) is 15.2 Å². The van der Waals surface area contributed by atoms with Crippen molar-refractivity contribution >= 4 is 40.0 Å². The molecule has 0 radical (unpaired) electrons. The zero-order chi connectivity index (χ0) is 24.1. The van der Waals surface area contributed by atoms with Crippen molar-refractivity contribution in [2.75, 3.05) is 18.1 Å². The number of amides is 2. The average Bonchev–Trinajstić information content (AvgIpc) is 3.50. The number of para-hydroxylation sites is 1. The van der Waals surface area contributed by atoms with Crippen LogP contribution in [0.1, 0.15) is 44.0 Å². The molecular weight excluding hydrogens is 453 g/mol. The third-order valence-corrected chi connectivity index (χ3v) is 6.46. The molecule has 1 aliphatic rings. The van der Waals surface area contributed by atoms with Gasteiger partial charge in [-0.15, -0.1) is 11.3 Å². The summed E-state index contributed by atoms with van der Waals surface area (Å²) < 4.78 is 19.8. The van der Waals surface area contributed by atoms with Gasteiger partial charge in [-0.25, -0.2) is 9.37 Å². The summed E-state index contributed by atoms with van der Waals surface area (Å²) in [4.78, 5) is 32.7. The van der Waals surface area contributed by atoms with E-state index in [1.54, 1.807) is 23.6 Å². The predicted octanol–water partition coefficient (Wildman–Crippen LogP) is 5.74. The van der Waals surface area contributed by atoms with E-state index in [0.29, 0.717) is 24.0 Å². The minimum Gasteiger partial charge on any atom is -0.494 e. The number of carbonyl (C=O) groups is 2. The van der Waals surface area contributed by atoms with Crippen LogP contribution in [0, 0.1) is 5.82 Å². The fraction of sp³-hybridized carbons (Fsp3) is 0.269. The Morgan fingerprint density at radius 3 is 2.71 bits per heavy atom. The average molecular weight is 480 g/mol. The van der Waals surface area contributed by atoms with Crippen LogP contribution in [0.3, 0.4) is 0 Å². The van der Waals surface area contributed by atoms with Gasteiger partial charge in [0.25, 0.3) is 0 Å². The number of likely N-dealkylation sites (tertiary alicyclic amines) is 1. The molecular formula is C26H26FN3O3S. The van der Waals surface area contributed by atoms with E-state index in [1.165, 1.54) is 41.4 Å². The van der Waals surface area contributed by atoms with E-state index < -0.39 is 5.82 Å². The van der Waals surface area contributed by atoms with E-state index in [9.17, 15) is 14.0 Å². The molecule has 1 saturated heterocycles. The number of benzene rings is 2. The van der Waals surface area contributed by atoms with Crippen LogP contribution in [0.15, 0.2) is 60.0 Å². The third-order valence-electron chi connectivity index (χ3n) is 5.62. The standard InChI is InChI=1S/C26H26FN3O3S/c1-3-33-21-13-10-19(11-14-21)23-9-6-16-29(23)25(32)15-12-20-17-34-26(28-20)30(18(2)31)24-8-5-4-7-22(24)27/h4-5,7-8,10-15,17,23H,3,6,9,16H2,1-2H3/b15-12+. The van der Waals surface area contributed by atoms with Crippen molar-refractivity contribution in [3.63, 3.8) is 0 Å². The summed E-state index contributed by atoms with van der Waals surface area (Å²) in [6.07, 6.45) is 4.99. The second-order valence-corrected chi connectivity index (χ2v) is 8.72. The number of hydrogen-bond acceptors (Lipinski definition) is 5. The highest BCUT2D eigenvalue weighted by molar-refractivity contribution is 7.14. The van der Waals surface area contributed by atoms with Crippen LogP contribution in [-0.2, 0) is 9.59 Å². The highest BCUT2D eigenvalue weighted by Crippen LogP contribution is 2.34. The van der Waals surface area contributed by atoms with E-state index in [2.05, 4.69) is 4.98 Å². The molecule has 4 rings (SSSR count). The smallest absolute Gasteiger partial charge is 0.247 e. The maximum absolute atomic E-state index is 14.3. The van der Waals surface area contributed by atoms with Crippen LogP contribution < -0.4 is 9.64 Å². The Morgan fingerprint density at radius 1 is 1.24 bits per heavy atom. The number of ether oxygens (including phenoxy) is 1. The Hall–Kier alpha value is -3.52. The van der Waals surface area contributed by atoms with Gasteiger partial charge in [0.05, 0.1) is 24.0 Å². The first-order chi connectivity index (χ1) is 16.5. The molecule has 8 heteroatoms. The number of aromatic nitrogens is 1. The van der Waals surface area contributed by atoms with Crippen LogP contribution in [0.25, 0.3) is 6.08 Å². The summed E-state index contributed by atoms with van der Waals surface area (Å²) in [5, 5.41) is 2.09. The highest BCUT2D eigenvalue weighted by atomic mass is 32.1. The molecule has 3 aromatic rings. The number of anilines is 2. The zero-order valence-corrected chi connectivity index (χ0v) is 19.9. The topological polar surface area (TPSA) is 62.7 Å². The molecule has 1 aromatic heterocycles. The molecule has 6 nitrogen and oxygen atoms in total. The molecule has 2 heterocycles. The van der Waals surface area contributed by atoms with Crippen molar-refractivity contribution in [1.82, 2.24) is 9.88 Å². The summed E-state index contributed by atoms with van der Waals surface area (Å²) in [6.45, 7) is 4.61. The van der Waals surface area contributed by atoms with Crippen LogP contribution in [-0.4, -0.2) is 34.8 Å². The lowest BCUT2D eigenvalue weighted by molar-refractivity contribution is -0.126. The molecule has 176 valence electrons. The first kappa shape index (κ1) is 23.6. The zero-order valence-electron chi connectivity index (χ0n) is 19.1. The molecule has 1 unspecified atom stereocenters. The normalized spacial score (nSPS) is 15.6. The lowest BCUT2D eigenvalue weighted by Gasteiger charge is -2.24. The minimum absolute atomic E-state index is 0.0214. The molecule has 0 N–H and O–H groups in total. The second kappa shape index (κ2) is 10.6. The van der Waals surface area contributed by atoms with Gasteiger partial charge in [0.2, 0.25) is 11.8 Å². The lowest BCUT2D eigenvalue weighted by Crippen LogP contribution is -2.28. The molecule has 0 saturated carbocycles. The van der Waals surface area contributed by atoms with Crippen molar-refractivity contribution in [2.45, 2.75) is 32.7 Å². The Morgan fingerprint density at radius 2 is 2.00 bits per heavy atom. The van der Waals surface area contributed by atoms with Crippen molar-refractivity contribution in [3.8, 4) is 5.75 Å². The van der Waals surface area contributed by atoms with Crippen molar-refractivity contribution in [1.29, 1.82) is 0 Å². The molecule has 1 atom stereocenters. The molecule has 0 aliphatic carbocycles. The van der Waals surface area contributed by atoms with Gasteiger partial charge in [-0.2, -0.15) is 0 Å². The number of hydrogen-bond donors (Lipinski definition) is 0. The largest absolute Gasteiger partial charge is 0.494 e. The molecule has 1 aliphatic heterocycles. The van der Waals surface area contributed by atoms with Crippen molar-refractivity contribution in [2.24, 2.45) is 0 Å². The Kier molecular flexibility index (Phi) is 7.37. The Labute approximate surface area is 202 Å². The van der Waals surface area contributed by atoms with E-state index in [0.717, 1.165) is 24.2 Å². The van der Waals surface area contributed by atoms with Gasteiger partial charge in [-0.3, -0.25) is 14.5 Å². The number of halogens is 1. The molecule has 2 aromatic carbocycles. The number of carbonyl (C=O) groups excluding carboxylic acids is 2. The van der Waals surface area contributed by atoms with Gasteiger partial charge in [-0.05, 0) is 55.7 Å². The first-order valence-electron chi connectivity index (χ1n) is 11.2. The fourth-order valence-electron chi connectivity index (χ4n) is 4.08. The Balaban J connectivity index is 1.48. The van der Waals surface area contributed by atoms with Gasteiger partial charge in [0.15, 0.2) is 5.13 Å². The first-order valence-corrected chi connectivity index (χ1v) is 12.1.